The zero-order valence-electron chi connectivity index (χ0n) is 11.6. The SMILES string of the molecule is COc1cc2c(C)cc(-c3ccc(C)o3)nc2cc1O. The van der Waals surface area contributed by atoms with Crippen molar-refractivity contribution in [2.24, 2.45) is 0 Å². The molecule has 0 saturated carbocycles. The highest BCUT2D eigenvalue weighted by atomic mass is 16.5. The van der Waals surface area contributed by atoms with E-state index < -0.39 is 0 Å². The minimum Gasteiger partial charge on any atom is -0.504 e. The lowest BCUT2D eigenvalue weighted by Gasteiger charge is -2.08. The van der Waals surface area contributed by atoms with Gasteiger partial charge in [-0.3, -0.25) is 0 Å². The van der Waals surface area contributed by atoms with Crippen molar-refractivity contribution in [1.82, 2.24) is 4.98 Å². The lowest BCUT2D eigenvalue weighted by Crippen LogP contribution is -1.90. The number of hydrogen-bond donors (Lipinski definition) is 1. The van der Waals surface area contributed by atoms with Crippen LogP contribution < -0.4 is 4.74 Å². The summed E-state index contributed by atoms with van der Waals surface area (Å²) in [6.45, 7) is 3.90. The second-order valence-electron chi connectivity index (χ2n) is 4.78. The maximum Gasteiger partial charge on any atom is 0.161 e. The lowest BCUT2D eigenvalue weighted by molar-refractivity contribution is 0.374. The van der Waals surface area contributed by atoms with Gasteiger partial charge in [0, 0.05) is 11.5 Å². The molecule has 4 heteroatoms. The average Bonchev–Trinajstić information content (AvgIpc) is 2.84. The first-order chi connectivity index (χ1) is 9.58. The van der Waals surface area contributed by atoms with E-state index in [4.69, 9.17) is 9.15 Å². The first-order valence-electron chi connectivity index (χ1n) is 6.33. The van der Waals surface area contributed by atoms with Crippen LogP contribution in [0.15, 0.2) is 34.7 Å². The summed E-state index contributed by atoms with van der Waals surface area (Å²) in [7, 11) is 1.53. The van der Waals surface area contributed by atoms with Crippen LogP contribution >= 0.6 is 0 Å². The highest BCUT2D eigenvalue weighted by Crippen LogP contribution is 2.33. The molecular formula is C16H15NO3. The summed E-state index contributed by atoms with van der Waals surface area (Å²) in [6, 6.07) is 9.18. The summed E-state index contributed by atoms with van der Waals surface area (Å²) in [5.74, 6) is 2.10. The molecule has 0 aliphatic carbocycles. The van der Waals surface area contributed by atoms with Crippen LogP contribution in [0, 0.1) is 13.8 Å². The Hall–Kier alpha value is -2.49. The summed E-state index contributed by atoms with van der Waals surface area (Å²) < 4.78 is 10.7. The number of aromatic hydroxyl groups is 1. The summed E-state index contributed by atoms with van der Waals surface area (Å²) in [5.41, 5.74) is 2.53. The van der Waals surface area contributed by atoms with E-state index in [9.17, 15) is 5.11 Å². The molecule has 4 nitrogen and oxygen atoms in total. The van der Waals surface area contributed by atoms with Gasteiger partial charge in [-0.25, -0.2) is 4.98 Å². The molecule has 0 atom stereocenters. The molecule has 2 heterocycles. The van der Waals surface area contributed by atoms with Crippen molar-refractivity contribution in [3.8, 4) is 23.0 Å². The largest absolute Gasteiger partial charge is 0.504 e. The van der Waals surface area contributed by atoms with E-state index in [1.54, 1.807) is 12.1 Å². The molecule has 0 saturated heterocycles. The topological polar surface area (TPSA) is 55.5 Å². The molecule has 20 heavy (non-hydrogen) atoms. The quantitative estimate of drug-likeness (QED) is 0.768. The van der Waals surface area contributed by atoms with Crippen molar-refractivity contribution in [1.29, 1.82) is 0 Å². The zero-order chi connectivity index (χ0) is 14.3. The minimum absolute atomic E-state index is 0.0830. The maximum absolute atomic E-state index is 9.88. The third kappa shape index (κ3) is 1.99. The van der Waals surface area contributed by atoms with Crippen LogP contribution in [0.3, 0.4) is 0 Å². The Morgan fingerprint density at radius 2 is 1.95 bits per heavy atom. The van der Waals surface area contributed by atoms with Crippen molar-refractivity contribution < 1.29 is 14.3 Å². The van der Waals surface area contributed by atoms with Crippen LogP contribution in [0.4, 0.5) is 0 Å². The number of rotatable bonds is 2. The number of ether oxygens (including phenoxy) is 1. The van der Waals surface area contributed by atoms with E-state index in [1.165, 1.54) is 7.11 Å². The van der Waals surface area contributed by atoms with Gasteiger partial charge in [0.1, 0.15) is 11.5 Å². The smallest absolute Gasteiger partial charge is 0.161 e. The standard InChI is InChI=1S/C16H15NO3/c1-9-6-13(15-5-4-10(2)20-15)17-12-8-14(18)16(19-3)7-11(9)12/h4-8,18H,1-3H3. The fourth-order valence-corrected chi connectivity index (χ4v) is 2.27. The van der Waals surface area contributed by atoms with Crippen LogP contribution in [0.1, 0.15) is 11.3 Å². The monoisotopic (exact) mass is 269 g/mol. The van der Waals surface area contributed by atoms with E-state index in [0.717, 1.165) is 28.2 Å². The molecular weight excluding hydrogens is 254 g/mol. The Morgan fingerprint density at radius 3 is 2.60 bits per heavy atom. The van der Waals surface area contributed by atoms with Crippen molar-refractivity contribution in [3.63, 3.8) is 0 Å². The Balaban J connectivity index is 2.23. The molecule has 0 unspecified atom stereocenters. The van der Waals surface area contributed by atoms with Crippen LogP contribution in [-0.4, -0.2) is 17.2 Å². The van der Waals surface area contributed by atoms with Crippen LogP contribution in [0.5, 0.6) is 11.5 Å². The summed E-state index contributed by atoms with van der Waals surface area (Å²) >= 11 is 0. The molecule has 0 amide bonds. The summed E-state index contributed by atoms with van der Waals surface area (Å²) in [4.78, 5) is 4.55. The highest BCUT2D eigenvalue weighted by molar-refractivity contribution is 5.87. The average molecular weight is 269 g/mol. The van der Waals surface area contributed by atoms with Crippen molar-refractivity contribution in [2.75, 3.05) is 7.11 Å². The second-order valence-corrected chi connectivity index (χ2v) is 4.78. The molecule has 3 aromatic rings. The molecule has 0 radical (unpaired) electrons. The van der Waals surface area contributed by atoms with Crippen LogP contribution in [0.25, 0.3) is 22.4 Å². The summed E-state index contributed by atoms with van der Waals surface area (Å²) in [5, 5.41) is 10.8. The number of aryl methyl sites for hydroxylation is 2. The molecule has 0 spiro atoms. The number of aromatic nitrogens is 1. The molecule has 0 aliphatic heterocycles. The van der Waals surface area contributed by atoms with Gasteiger partial charge in [0.15, 0.2) is 17.3 Å². The van der Waals surface area contributed by atoms with Gasteiger partial charge in [-0.05, 0) is 43.7 Å². The number of hydrogen-bond acceptors (Lipinski definition) is 4. The number of phenolic OH excluding ortho intramolecular Hbond substituents is 1. The predicted molar refractivity (Wildman–Crippen MR) is 77.1 cm³/mol. The summed E-state index contributed by atoms with van der Waals surface area (Å²) in [6.07, 6.45) is 0. The van der Waals surface area contributed by atoms with Gasteiger partial charge < -0.3 is 14.3 Å². The molecule has 0 aliphatic rings. The van der Waals surface area contributed by atoms with Crippen molar-refractivity contribution in [3.05, 3.63) is 41.7 Å². The highest BCUT2D eigenvalue weighted by Gasteiger charge is 2.11. The fraction of sp³-hybridized carbons (Fsp3) is 0.188. The number of pyridine rings is 1. The van der Waals surface area contributed by atoms with Crippen molar-refractivity contribution in [2.45, 2.75) is 13.8 Å². The Bertz CT molecular complexity index is 790. The van der Waals surface area contributed by atoms with E-state index in [0.29, 0.717) is 11.3 Å². The van der Waals surface area contributed by atoms with Crippen LogP contribution in [-0.2, 0) is 0 Å². The lowest BCUT2D eigenvalue weighted by atomic mass is 10.1. The number of benzene rings is 1. The molecule has 1 N–H and O–H groups in total. The molecule has 2 aromatic heterocycles. The molecule has 0 bridgehead atoms. The van der Waals surface area contributed by atoms with Gasteiger partial charge in [0.05, 0.1) is 12.6 Å². The van der Waals surface area contributed by atoms with E-state index >= 15 is 0 Å². The molecule has 102 valence electrons. The minimum atomic E-state index is 0.0830. The van der Waals surface area contributed by atoms with Gasteiger partial charge in [-0.15, -0.1) is 0 Å². The normalized spacial score (nSPS) is 10.9. The molecule has 0 fully saturated rings. The van der Waals surface area contributed by atoms with Gasteiger partial charge in [0.25, 0.3) is 0 Å². The Kier molecular flexibility index (Phi) is 2.86. The predicted octanol–water partition coefficient (Wildman–Crippen LogP) is 3.83. The number of phenols is 1. The molecule has 1 aromatic carbocycles. The second kappa shape index (κ2) is 4.56. The number of fused-ring (bicyclic) bond motifs is 1. The fourth-order valence-electron chi connectivity index (χ4n) is 2.27. The van der Waals surface area contributed by atoms with E-state index in [2.05, 4.69) is 4.98 Å². The number of furan rings is 1. The first-order valence-corrected chi connectivity index (χ1v) is 6.33. The maximum atomic E-state index is 9.88. The molecule has 3 rings (SSSR count). The number of methoxy groups -OCH3 is 1. The first kappa shape index (κ1) is 12.5. The van der Waals surface area contributed by atoms with Gasteiger partial charge in [-0.1, -0.05) is 0 Å². The third-order valence-corrected chi connectivity index (χ3v) is 3.31. The van der Waals surface area contributed by atoms with E-state index in [1.807, 2.05) is 32.0 Å². The third-order valence-electron chi connectivity index (χ3n) is 3.31. The van der Waals surface area contributed by atoms with Crippen molar-refractivity contribution >= 4 is 10.9 Å². The van der Waals surface area contributed by atoms with Crippen LogP contribution in [0.2, 0.25) is 0 Å². The Labute approximate surface area is 116 Å². The van der Waals surface area contributed by atoms with E-state index in [-0.39, 0.29) is 5.75 Å². The van der Waals surface area contributed by atoms with Gasteiger partial charge in [-0.2, -0.15) is 0 Å². The zero-order valence-corrected chi connectivity index (χ0v) is 11.6. The van der Waals surface area contributed by atoms with Gasteiger partial charge >= 0.3 is 0 Å². The van der Waals surface area contributed by atoms with Gasteiger partial charge in [0.2, 0.25) is 0 Å². The Morgan fingerprint density at radius 1 is 1.15 bits per heavy atom. The number of nitrogens with zero attached hydrogens (tertiary/aromatic N) is 1.